The summed E-state index contributed by atoms with van der Waals surface area (Å²) in [5, 5.41) is 18.5. The predicted molar refractivity (Wildman–Crippen MR) is 155 cm³/mol. The van der Waals surface area contributed by atoms with Crippen molar-refractivity contribution in [2.75, 3.05) is 27.8 Å². The first-order valence-electron chi connectivity index (χ1n) is 13.5. The number of hydrogen-bond acceptors (Lipinski definition) is 6. The highest BCUT2D eigenvalue weighted by Gasteiger charge is 2.27. The van der Waals surface area contributed by atoms with E-state index in [-0.39, 0.29) is 23.3 Å². The molecule has 1 aromatic carbocycles. The van der Waals surface area contributed by atoms with Gasteiger partial charge in [-0.15, -0.1) is 0 Å². The molecule has 4 heterocycles. The molecule has 2 aliphatic rings. The van der Waals surface area contributed by atoms with Gasteiger partial charge in [0.2, 0.25) is 5.91 Å². The molecule has 0 radical (unpaired) electrons. The van der Waals surface area contributed by atoms with Crippen LogP contribution in [0.4, 0.5) is 27.7 Å². The molecule has 1 unspecified atom stereocenters. The molecule has 2 aliphatic heterocycles. The lowest BCUT2D eigenvalue weighted by Gasteiger charge is -2.22. The summed E-state index contributed by atoms with van der Waals surface area (Å²) in [6.07, 6.45) is 4.72. The molecule has 0 bridgehead atoms. The van der Waals surface area contributed by atoms with Gasteiger partial charge < -0.3 is 30.8 Å². The Balaban J connectivity index is 1.29. The van der Waals surface area contributed by atoms with E-state index in [9.17, 15) is 14.4 Å². The van der Waals surface area contributed by atoms with E-state index in [1.54, 1.807) is 30.3 Å². The Kier molecular flexibility index (Phi) is 7.24. The molecule has 6 N–H and O–H groups in total. The van der Waals surface area contributed by atoms with Crippen molar-refractivity contribution in [3.05, 3.63) is 52.5 Å². The van der Waals surface area contributed by atoms with Crippen LogP contribution in [0.3, 0.4) is 0 Å². The Morgan fingerprint density at radius 1 is 1.10 bits per heavy atom. The van der Waals surface area contributed by atoms with E-state index in [2.05, 4.69) is 36.7 Å². The topological polar surface area (TPSA) is 153 Å². The number of amides is 4. The first-order chi connectivity index (χ1) is 19.0. The number of aryl methyl sites for hydroxylation is 1. The van der Waals surface area contributed by atoms with Gasteiger partial charge in [0.15, 0.2) is 5.82 Å². The lowest BCUT2D eigenvalue weighted by atomic mass is 9.93. The smallest absolute Gasteiger partial charge is 0.324 e. The Morgan fingerprint density at radius 3 is 2.60 bits per heavy atom. The van der Waals surface area contributed by atoms with Crippen LogP contribution in [0.2, 0.25) is 0 Å². The van der Waals surface area contributed by atoms with E-state index in [0.717, 1.165) is 48.4 Å². The highest BCUT2D eigenvalue weighted by Crippen LogP contribution is 2.36. The van der Waals surface area contributed by atoms with Gasteiger partial charge in [-0.05, 0) is 57.0 Å². The third-order valence-corrected chi connectivity index (χ3v) is 7.19. The van der Waals surface area contributed by atoms with Crippen LogP contribution < -0.4 is 26.6 Å². The van der Waals surface area contributed by atoms with E-state index >= 15 is 0 Å². The molecule has 0 spiro atoms. The molecular formula is C29H35N7O4. The Morgan fingerprint density at radius 2 is 1.90 bits per heavy atom. The third kappa shape index (κ3) is 5.64. The molecule has 0 aliphatic carbocycles. The number of rotatable bonds is 5. The highest BCUT2D eigenvalue weighted by molar-refractivity contribution is 6.35. The fraction of sp³-hybridized carbons (Fsp3) is 0.379. The summed E-state index contributed by atoms with van der Waals surface area (Å²) in [6.45, 7) is 10.6. The summed E-state index contributed by atoms with van der Waals surface area (Å²) >= 11 is 0. The van der Waals surface area contributed by atoms with Gasteiger partial charge in [0.25, 0.3) is 5.91 Å². The van der Waals surface area contributed by atoms with Crippen molar-refractivity contribution >= 4 is 52.4 Å². The highest BCUT2D eigenvalue weighted by atomic mass is 16.5. The number of nitrogens with zero attached hydrogens (tertiary/aromatic N) is 1. The van der Waals surface area contributed by atoms with Crippen LogP contribution in [0, 0.1) is 13.8 Å². The summed E-state index contributed by atoms with van der Waals surface area (Å²) in [4.78, 5) is 41.5. The van der Waals surface area contributed by atoms with E-state index in [1.807, 2.05) is 34.6 Å². The zero-order chi connectivity index (χ0) is 28.6. The number of urea groups is 1. The van der Waals surface area contributed by atoms with Gasteiger partial charge in [0.1, 0.15) is 5.76 Å². The van der Waals surface area contributed by atoms with Gasteiger partial charge in [-0.1, -0.05) is 38.4 Å². The van der Waals surface area contributed by atoms with Gasteiger partial charge >= 0.3 is 6.03 Å². The quantitative estimate of drug-likeness (QED) is 0.244. The molecule has 0 saturated carbocycles. The lowest BCUT2D eigenvalue weighted by molar-refractivity contribution is -0.118. The van der Waals surface area contributed by atoms with Crippen LogP contribution in [-0.4, -0.2) is 40.6 Å². The van der Waals surface area contributed by atoms with E-state index in [0.29, 0.717) is 34.1 Å². The zero-order valence-corrected chi connectivity index (χ0v) is 23.4. The van der Waals surface area contributed by atoms with Crippen molar-refractivity contribution in [3.8, 4) is 0 Å². The van der Waals surface area contributed by atoms with Crippen LogP contribution in [0.1, 0.15) is 68.3 Å². The average molecular weight is 546 g/mol. The molecule has 40 heavy (non-hydrogen) atoms. The number of nitrogens with one attached hydrogen (secondary N) is 6. The summed E-state index contributed by atoms with van der Waals surface area (Å²) < 4.78 is 5.30. The molecule has 11 heteroatoms. The van der Waals surface area contributed by atoms with Crippen LogP contribution >= 0.6 is 0 Å². The van der Waals surface area contributed by atoms with Crippen LogP contribution in [-0.2, 0) is 15.0 Å². The molecule has 4 amide bonds. The maximum Gasteiger partial charge on any atom is 0.324 e. The van der Waals surface area contributed by atoms with Crippen LogP contribution in [0.15, 0.2) is 28.8 Å². The molecule has 11 nitrogen and oxygen atoms in total. The molecule has 5 rings (SSSR count). The van der Waals surface area contributed by atoms with Crippen molar-refractivity contribution in [1.82, 2.24) is 15.5 Å². The van der Waals surface area contributed by atoms with Crippen LogP contribution in [0.25, 0.3) is 11.6 Å². The largest absolute Gasteiger partial charge is 0.359 e. The minimum atomic E-state index is -0.482. The SMILES string of the molecule is Cc1[nH]c(/C=C2\C(=O)Nc3cc(NC(=O)Nc4cc(C(C)(C)C)on4)ccc32)c(C)c1NC(=O)C1CCCCN1. The normalized spacial score (nSPS) is 17.9. The van der Waals surface area contributed by atoms with Gasteiger partial charge in [-0.2, -0.15) is 0 Å². The van der Waals surface area contributed by atoms with Crippen molar-refractivity contribution in [2.24, 2.45) is 0 Å². The van der Waals surface area contributed by atoms with E-state index in [1.165, 1.54) is 0 Å². The first-order valence-corrected chi connectivity index (χ1v) is 13.5. The van der Waals surface area contributed by atoms with Gasteiger partial charge in [0, 0.05) is 34.1 Å². The number of fused-ring (bicyclic) bond motifs is 1. The first kappa shape index (κ1) is 27.2. The molecule has 1 atom stereocenters. The Hall–Kier alpha value is -4.38. The van der Waals surface area contributed by atoms with E-state index in [4.69, 9.17) is 4.52 Å². The summed E-state index contributed by atoms with van der Waals surface area (Å²) in [5.74, 6) is 0.669. The van der Waals surface area contributed by atoms with Crippen LogP contribution in [0.5, 0.6) is 0 Å². The van der Waals surface area contributed by atoms with Gasteiger partial charge in [-0.3, -0.25) is 14.9 Å². The standard InChI is InChI=1S/C29H35N7O4/c1-15-21(31-16(2)25(15)35-27(38)20-8-6-7-11-30-20)13-19-18-10-9-17(12-22(18)33-26(19)37)32-28(39)34-24-14-23(40-36-24)29(3,4)5/h9-10,12-14,20,30-31H,6-8,11H2,1-5H3,(H,33,37)(H,35,38)(H2,32,34,36,39)/b19-13-. The van der Waals surface area contributed by atoms with Crippen molar-refractivity contribution in [1.29, 1.82) is 0 Å². The molecule has 1 fully saturated rings. The third-order valence-electron chi connectivity index (χ3n) is 7.19. The molecular weight excluding hydrogens is 510 g/mol. The maximum atomic E-state index is 12.9. The fourth-order valence-electron chi connectivity index (χ4n) is 4.92. The maximum absolute atomic E-state index is 12.9. The molecule has 2 aromatic heterocycles. The predicted octanol–water partition coefficient (Wildman–Crippen LogP) is 5.13. The second kappa shape index (κ2) is 10.6. The second-order valence-electron chi connectivity index (χ2n) is 11.3. The Bertz CT molecular complexity index is 1500. The summed E-state index contributed by atoms with van der Waals surface area (Å²) in [7, 11) is 0. The second-order valence-corrected chi connectivity index (χ2v) is 11.3. The fourth-order valence-corrected chi connectivity index (χ4v) is 4.92. The van der Waals surface area contributed by atoms with E-state index < -0.39 is 6.03 Å². The number of aromatic nitrogens is 2. The lowest BCUT2D eigenvalue weighted by Crippen LogP contribution is -2.43. The molecule has 210 valence electrons. The minimum absolute atomic E-state index is 0.0460. The summed E-state index contributed by atoms with van der Waals surface area (Å²) in [5.41, 5.74) is 5.21. The molecule has 1 saturated heterocycles. The monoisotopic (exact) mass is 545 g/mol. The molecule has 3 aromatic rings. The number of anilines is 4. The number of aromatic amines is 1. The average Bonchev–Trinajstić information content (AvgIpc) is 3.57. The zero-order valence-electron chi connectivity index (χ0n) is 23.4. The number of benzene rings is 1. The number of hydrogen-bond donors (Lipinski definition) is 6. The number of H-pyrrole nitrogens is 1. The van der Waals surface area contributed by atoms with Crippen molar-refractivity contribution < 1.29 is 18.9 Å². The number of piperidine rings is 1. The summed E-state index contributed by atoms with van der Waals surface area (Å²) in [6, 6.07) is 6.22. The number of carbonyl (C=O) groups is 3. The number of carbonyl (C=O) groups excluding carboxylic acids is 3. The Labute approximate surface area is 232 Å². The van der Waals surface area contributed by atoms with Gasteiger partial charge in [-0.25, -0.2) is 4.79 Å². The van der Waals surface area contributed by atoms with Crippen molar-refractivity contribution in [3.63, 3.8) is 0 Å². The minimum Gasteiger partial charge on any atom is -0.359 e. The van der Waals surface area contributed by atoms with Gasteiger partial charge in [0.05, 0.1) is 23.0 Å². The van der Waals surface area contributed by atoms with Crippen molar-refractivity contribution in [2.45, 2.75) is 65.3 Å².